The molecule has 0 bridgehead atoms. The number of amides is 1. The minimum absolute atomic E-state index is 0. The minimum Gasteiger partial charge on any atom is -0.350 e. The van der Waals surface area contributed by atoms with Gasteiger partial charge in [0.2, 0.25) is 5.91 Å². The van der Waals surface area contributed by atoms with Crippen LogP contribution in [0.5, 0.6) is 0 Å². The number of halogens is 4. The molecule has 0 saturated carbocycles. The van der Waals surface area contributed by atoms with E-state index in [1.807, 2.05) is 24.1 Å². The Morgan fingerprint density at radius 2 is 1.93 bits per heavy atom. The van der Waals surface area contributed by atoms with Crippen LogP contribution in [-0.2, 0) is 4.79 Å². The van der Waals surface area contributed by atoms with Crippen molar-refractivity contribution < 1.29 is 9.18 Å². The zero-order valence-electron chi connectivity index (χ0n) is 14.3. The average molecular weight is 449 g/mol. The fraction of sp³-hybridized carbons (Fsp3) is 0.222. The van der Waals surface area contributed by atoms with Crippen molar-refractivity contribution in [2.24, 2.45) is 4.99 Å². The van der Waals surface area contributed by atoms with Gasteiger partial charge in [-0.25, -0.2) is 9.38 Å². The molecular formula is C18H17Cl3FN3OS. The Hall–Kier alpha value is -1.47. The highest BCUT2D eigenvalue weighted by atomic mass is 35.5. The van der Waals surface area contributed by atoms with Gasteiger partial charge >= 0.3 is 0 Å². The summed E-state index contributed by atoms with van der Waals surface area (Å²) in [5, 5.41) is 4.37. The van der Waals surface area contributed by atoms with E-state index in [1.165, 1.54) is 18.2 Å². The maximum Gasteiger partial charge on any atom is 0.226 e. The molecule has 1 heterocycles. The third-order valence-electron chi connectivity index (χ3n) is 3.93. The van der Waals surface area contributed by atoms with E-state index in [0.29, 0.717) is 5.02 Å². The molecule has 1 aliphatic heterocycles. The molecule has 1 atom stereocenters. The Morgan fingerprint density at radius 1 is 1.26 bits per heavy atom. The van der Waals surface area contributed by atoms with Crippen LogP contribution >= 0.6 is 47.4 Å². The first-order chi connectivity index (χ1) is 12.4. The molecule has 4 nitrogen and oxygen atoms in total. The molecule has 1 N–H and O–H groups in total. The van der Waals surface area contributed by atoms with Crippen molar-refractivity contribution in [3.63, 3.8) is 0 Å². The van der Waals surface area contributed by atoms with Crippen LogP contribution in [0.25, 0.3) is 0 Å². The maximum atomic E-state index is 13.8. The largest absolute Gasteiger partial charge is 0.350 e. The smallest absolute Gasteiger partial charge is 0.226 e. The molecule has 27 heavy (non-hydrogen) atoms. The molecule has 9 heteroatoms. The van der Waals surface area contributed by atoms with Crippen molar-refractivity contribution in [2.45, 2.75) is 12.5 Å². The van der Waals surface area contributed by atoms with E-state index in [9.17, 15) is 9.18 Å². The Kier molecular flexibility index (Phi) is 7.79. The first-order valence-electron chi connectivity index (χ1n) is 7.87. The lowest BCUT2D eigenvalue weighted by molar-refractivity contribution is -0.116. The second kappa shape index (κ2) is 9.64. The third-order valence-corrected chi connectivity index (χ3v) is 5.61. The van der Waals surface area contributed by atoms with Gasteiger partial charge in [-0.15, -0.1) is 12.4 Å². The summed E-state index contributed by atoms with van der Waals surface area (Å²) in [6.07, 6.45) is 0.241. The SMILES string of the molecule is CN1/C(=N/c2ccc(Cl)cc2)SCC1CC(=O)Nc1ccc(Cl)cc1F.Cl. The molecule has 0 aromatic heterocycles. The number of rotatable bonds is 4. The number of hydrogen-bond donors (Lipinski definition) is 1. The molecule has 3 rings (SSSR count). The molecule has 144 valence electrons. The Bertz CT molecular complexity index is 848. The number of thioether (sulfide) groups is 1. The topological polar surface area (TPSA) is 44.7 Å². The molecule has 1 fully saturated rings. The van der Waals surface area contributed by atoms with Gasteiger partial charge in [0.05, 0.1) is 11.4 Å². The summed E-state index contributed by atoms with van der Waals surface area (Å²) in [4.78, 5) is 18.8. The highest BCUT2D eigenvalue weighted by Gasteiger charge is 2.29. The standard InChI is InChI=1S/C18H16Cl2FN3OS.ClH/c1-24-14(9-17(25)23-16-7-4-12(20)8-15(16)21)10-26-18(24)22-13-5-2-11(19)3-6-13;/h2-8,14H,9-10H2,1H3,(H,23,25);1H/b22-18-;. The van der Waals surface area contributed by atoms with E-state index in [2.05, 4.69) is 10.3 Å². The van der Waals surface area contributed by atoms with Gasteiger partial charge in [0, 0.05) is 35.3 Å². The highest BCUT2D eigenvalue weighted by Crippen LogP contribution is 2.28. The number of anilines is 1. The van der Waals surface area contributed by atoms with Gasteiger partial charge in [0.25, 0.3) is 0 Å². The van der Waals surface area contributed by atoms with Gasteiger partial charge < -0.3 is 10.2 Å². The van der Waals surface area contributed by atoms with Gasteiger partial charge in [-0.2, -0.15) is 0 Å². The normalized spacial score (nSPS) is 17.7. The summed E-state index contributed by atoms with van der Waals surface area (Å²) in [6.45, 7) is 0. The number of carbonyl (C=O) groups excluding carboxylic acids is 1. The summed E-state index contributed by atoms with van der Waals surface area (Å²) in [7, 11) is 1.90. The molecule has 0 spiro atoms. The van der Waals surface area contributed by atoms with E-state index >= 15 is 0 Å². The number of aliphatic imine (C=N–C) groups is 1. The monoisotopic (exact) mass is 447 g/mol. The fourth-order valence-electron chi connectivity index (χ4n) is 2.48. The first-order valence-corrected chi connectivity index (χ1v) is 9.61. The number of hydrogen-bond acceptors (Lipinski definition) is 3. The maximum absolute atomic E-state index is 13.8. The van der Waals surface area contributed by atoms with Crippen molar-refractivity contribution in [2.75, 3.05) is 18.1 Å². The van der Waals surface area contributed by atoms with Gasteiger partial charge in [-0.1, -0.05) is 35.0 Å². The van der Waals surface area contributed by atoms with Crippen molar-refractivity contribution in [3.05, 3.63) is 58.3 Å². The third kappa shape index (κ3) is 5.75. The molecular weight excluding hydrogens is 432 g/mol. The molecule has 2 aromatic carbocycles. The second-order valence-electron chi connectivity index (χ2n) is 5.82. The lowest BCUT2D eigenvalue weighted by atomic mass is 10.2. The summed E-state index contributed by atoms with van der Waals surface area (Å²) in [5.41, 5.74) is 0.930. The Labute approximate surface area is 177 Å². The summed E-state index contributed by atoms with van der Waals surface area (Å²) < 4.78 is 13.8. The number of benzene rings is 2. The lowest BCUT2D eigenvalue weighted by Gasteiger charge is -2.20. The van der Waals surface area contributed by atoms with Crippen LogP contribution in [0.15, 0.2) is 47.5 Å². The molecule has 2 aromatic rings. The quantitative estimate of drug-likeness (QED) is 0.660. The van der Waals surface area contributed by atoms with Gasteiger partial charge in [-0.3, -0.25) is 4.79 Å². The number of nitrogens with one attached hydrogen (secondary N) is 1. The number of nitrogens with zero attached hydrogens (tertiary/aromatic N) is 2. The van der Waals surface area contributed by atoms with E-state index in [4.69, 9.17) is 23.2 Å². The van der Waals surface area contributed by atoms with E-state index < -0.39 is 5.82 Å². The molecule has 1 unspecified atom stereocenters. The van der Waals surface area contributed by atoms with E-state index in [0.717, 1.165) is 16.6 Å². The Balaban J connectivity index is 0.00000261. The number of carbonyl (C=O) groups is 1. The summed E-state index contributed by atoms with van der Waals surface area (Å²) >= 11 is 13.2. The van der Waals surface area contributed by atoms with Crippen LogP contribution in [-0.4, -0.2) is 34.8 Å². The van der Waals surface area contributed by atoms with Crippen molar-refractivity contribution >= 4 is 69.8 Å². The molecule has 1 aliphatic rings. The minimum atomic E-state index is -0.551. The molecule has 1 saturated heterocycles. The first kappa shape index (κ1) is 21.8. The van der Waals surface area contributed by atoms with Crippen LogP contribution in [0.3, 0.4) is 0 Å². The Morgan fingerprint density at radius 3 is 2.59 bits per heavy atom. The van der Waals surface area contributed by atoms with E-state index in [1.54, 1.807) is 23.9 Å². The van der Waals surface area contributed by atoms with Crippen molar-refractivity contribution in [1.29, 1.82) is 0 Å². The zero-order chi connectivity index (χ0) is 18.7. The van der Waals surface area contributed by atoms with Gasteiger partial charge in [0.1, 0.15) is 5.82 Å². The molecule has 0 aliphatic carbocycles. The van der Waals surface area contributed by atoms with Crippen LogP contribution in [0.4, 0.5) is 15.8 Å². The summed E-state index contributed by atoms with van der Waals surface area (Å²) in [6, 6.07) is 11.4. The predicted molar refractivity (Wildman–Crippen MR) is 114 cm³/mol. The lowest BCUT2D eigenvalue weighted by Crippen LogP contribution is -2.33. The van der Waals surface area contributed by atoms with Crippen LogP contribution in [0, 0.1) is 5.82 Å². The fourth-order valence-corrected chi connectivity index (χ4v) is 3.97. The average Bonchev–Trinajstić information content (AvgIpc) is 2.93. The van der Waals surface area contributed by atoms with Crippen molar-refractivity contribution in [1.82, 2.24) is 4.90 Å². The highest BCUT2D eigenvalue weighted by molar-refractivity contribution is 8.14. The molecule has 1 amide bonds. The summed E-state index contributed by atoms with van der Waals surface area (Å²) in [5.74, 6) is -0.0687. The zero-order valence-corrected chi connectivity index (χ0v) is 17.4. The van der Waals surface area contributed by atoms with Crippen molar-refractivity contribution in [3.8, 4) is 0 Å². The van der Waals surface area contributed by atoms with Gasteiger partial charge in [-0.05, 0) is 42.5 Å². The van der Waals surface area contributed by atoms with Crippen LogP contribution in [0.2, 0.25) is 10.0 Å². The van der Waals surface area contributed by atoms with Gasteiger partial charge in [0.15, 0.2) is 5.17 Å². The van der Waals surface area contributed by atoms with Crippen LogP contribution in [0.1, 0.15) is 6.42 Å². The predicted octanol–water partition coefficient (Wildman–Crippen LogP) is 5.62. The number of amidine groups is 1. The second-order valence-corrected chi connectivity index (χ2v) is 7.68. The molecule has 0 radical (unpaired) electrons. The van der Waals surface area contributed by atoms with E-state index in [-0.39, 0.29) is 41.5 Å². The van der Waals surface area contributed by atoms with Crippen LogP contribution < -0.4 is 5.32 Å².